The summed E-state index contributed by atoms with van der Waals surface area (Å²) in [4.78, 5) is 26.1. The zero-order valence-electron chi connectivity index (χ0n) is 16.8. The van der Waals surface area contributed by atoms with Gasteiger partial charge in [0.25, 0.3) is 5.91 Å². The zero-order chi connectivity index (χ0) is 21.4. The molecule has 8 heteroatoms. The van der Waals surface area contributed by atoms with Crippen LogP contribution in [0.3, 0.4) is 0 Å². The predicted octanol–water partition coefficient (Wildman–Crippen LogP) is 2.15. The summed E-state index contributed by atoms with van der Waals surface area (Å²) in [5, 5.41) is 4.68. The second kappa shape index (κ2) is 7.93. The molecule has 2 amide bonds. The average molecular weight is 411 g/mol. The van der Waals surface area contributed by atoms with Crippen LogP contribution in [0.2, 0.25) is 0 Å². The Morgan fingerprint density at radius 3 is 2.83 bits per heavy atom. The molecule has 2 heterocycles. The van der Waals surface area contributed by atoms with E-state index in [2.05, 4.69) is 11.7 Å². The smallest absolute Gasteiger partial charge is 0.254 e. The highest BCUT2D eigenvalue weighted by Gasteiger charge is 2.32. The van der Waals surface area contributed by atoms with Gasteiger partial charge in [0.05, 0.1) is 18.3 Å². The van der Waals surface area contributed by atoms with Crippen molar-refractivity contribution >= 4 is 17.6 Å². The van der Waals surface area contributed by atoms with Gasteiger partial charge in [-0.3, -0.25) is 9.59 Å². The van der Waals surface area contributed by atoms with Crippen LogP contribution in [-0.2, 0) is 24.2 Å². The second-order valence-corrected chi connectivity index (χ2v) is 8.08. The van der Waals surface area contributed by atoms with Crippen LogP contribution in [0.25, 0.3) is 0 Å². The molecule has 2 aliphatic rings. The standard InChI is InChI=1S/C22H26FN5O2/c1-2-18(29)27-9-3-4-17(27)12-28-21(24)19(22(25)30)20(26-28)15-6-5-14-11-16(23)8-7-13(14)10-15/h2,7-8,11,15,17H,1,3-6,9-10,12,24H2,(H2,25,30). The van der Waals surface area contributed by atoms with E-state index < -0.39 is 5.91 Å². The van der Waals surface area contributed by atoms with Gasteiger partial charge in [0.2, 0.25) is 5.91 Å². The van der Waals surface area contributed by atoms with Crippen LogP contribution in [0, 0.1) is 5.82 Å². The number of nitrogen functional groups attached to an aromatic ring is 1. The first-order chi connectivity index (χ1) is 14.4. The van der Waals surface area contributed by atoms with Gasteiger partial charge in [0.15, 0.2) is 0 Å². The number of halogens is 1. The van der Waals surface area contributed by atoms with Gasteiger partial charge in [-0.15, -0.1) is 0 Å². The first kappa shape index (κ1) is 20.1. The Bertz CT molecular complexity index is 1020. The molecule has 1 aliphatic carbocycles. The third-order valence-electron chi connectivity index (χ3n) is 6.27. The fraction of sp³-hybridized carbons (Fsp3) is 0.409. The quantitative estimate of drug-likeness (QED) is 0.735. The maximum atomic E-state index is 13.5. The second-order valence-electron chi connectivity index (χ2n) is 8.08. The van der Waals surface area contributed by atoms with E-state index in [1.165, 1.54) is 12.1 Å². The summed E-state index contributed by atoms with van der Waals surface area (Å²) < 4.78 is 15.1. The lowest BCUT2D eigenvalue weighted by molar-refractivity contribution is -0.127. The van der Waals surface area contributed by atoms with E-state index in [0.717, 1.165) is 30.4 Å². The van der Waals surface area contributed by atoms with Gasteiger partial charge in [-0.1, -0.05) is 12.6 Å². The highest BCUT2D eigenvalue weighted by molar-refractivity contribution is 5.98. The molecule has 1 fully saturated rings. The van der Waals surface area contributed by atoms with Gasteiger partial charge in [0, 0.05) is 12.5 Å². The summed E-state index contributed by atoms with van der Waals surface area (Å²) in [5.74, 6) is -0.753. The van der Waals surface area contributed by atoms with E-state index in [1.54, 1.807) is 21.7 Å². The number of hydrogen-bond acceptors (Lipinski definition) is 4. The number of nitrogens with two attached hydrogens (primary N) is 2. The number of amides is 2. The van der Waals surface area contributed by atoms with Crippen LogP contribution in [0.4, 0.5) is 10.2 Å². The number of benzene rings is 1. The van der Waals surface area contributed by atoms with Crippen molar-refractivity contribution in [3.63, 3.8) is 0 Å². The summed E-state index contributed by atoms with van der Waals surface area (Å²) in [6, 6.07) is 4.76. The minimum Gasteiger partial charge on any atom is -0.383 e. The molecule has 1 aromatic carbocycles. The maximum absolute atomic E-state index is 13.5. The van der Waals surface area contributed by atoms with Crippen LogP contribution in [-0.4, -0.2) is 39.1 Å². The Balaban J connectivity index is 1.63. The fourth-order valence-electron chi connectivity index (χ4n) is 4.76. The van der Waals surface area contributed by atoms with Crippen LogP contribution in [0.15, 0.2) is 30.9 Å². The summed E-state index contributed by atoms with van der Waals surface area (Å²) >= 11 is 0. The molecule has 2 aromatic rings. The summed E-state index contributed by atoms with van der Waals surface area (Å²) in [5.41, 5.74) is 14.8. The molecule has 30 heavy (non-hydrogen) atoms. The molecule has 158 valence electrons. The van der Waals surface area contributed by atoms with Gasteiger partial charge in [-0.2, -0.15) is 5.10 Å². The molecule has 7 nitrogen and oxygen atoms in total. The average Bonchev–Trinajstić information content (AvgIpc) is 3.32. The predicted molar refractivity (Wildman–Crippen MR) is 111 cm³/mol. The lowest BCUT2D eigenvalue weighted by Crippen LogP contribution is -2.37. The molecule has 0 radical (unpaired) electrons. The Morgan fingerprint density at radius 2 is 2.10 bits per heavy atom. The highest BCUT2D eigenvalue weighted by atomic mass is 19.1. The number of anilines is 1. The normalized spacial score (nSPS) is 20.8. The van der Waals surface area contributed by atoms with Crippen molar-refractivity contribution in [2.45, 2.75) is 50.6 Å². The minimum absolute atomic E-state index is 0.0245. The molecule has 1 aromatic heterocycles. The minimum atomic E-state index is -0.607. The van der Waals surface area contributed by atoms with Gasteiger partial charge in [-0.25, -0.2) is 9.07 Å². The summed E-state index contributed by atoms with van der Waals surface area (Å²) in [6.07, 6.45) is 5.13. The SMILES string of the molecule is C=CC(=O)N1CCCC1Cn1nc(C2CCc3cc(F)ccc3C2)c(C(N)=O)c1N. The topological polar surface area (TPSA) is 107 Å². The van der Waals surface area contributed by atoms with Gasteiger partial charge >= 0.3 is 0 Å². The van der Waals surface area contributed by atoms with Crippen molar-refractivity contribution in [2.75, 3.05) is 12.3 Å². The molecule has 1 saturated heterocycles. The molecular formula is C22H26FN5O2. The number of likely N-dealkylation sites (tertiary alicyclic amines) is 1. The number of carbonyl (C=O) groups is 2. The van der Waals surface area contributed by atoms with E-state index >= 15 is 0 Å². The van der Waals surface area contributed by atoms with Crippen molar-refractivity contribution in [3.05, 3.63) is 59.1 Å². The molecule has 4 N–H and O–H groups in total. The number of primary amides is 1. The van der Waals surface area contributed by atoms with E-state index in [4.69, 9.17) is 11.5 Å². The molecule has 2 unspecified atom stereocenters. The third kappa shape index (κ3) is 3.58. The van der Waals surface area contributed by atoms with Crippen molar-refractivity contribution in [1.82, 2.24) is 14.7 Å². The molecular weight excluding hydrogens is 385 g/mol. The van der Waals surface area contributed by atoms with Crippen LogP contribution < -0.4 is 11.5 Å². The van der Waals surface area contributed by atoms with E-state index in [1.807, 2.05) is 0 Å². The first-order valence-corrected chi connectivity index (χ1v) is 10.2. The lowest BCUT2D eigenvalue weighted by Gasteiger charge is -2.24. The van der Waals surface area contributed by atoms with Gasteiger partial charge < -0.3 is 16.4 Å². The van der Waals surface area contributed by atoms with E-state index in [-0.39, 0.29) is 35.1 Å². The third-order valence-corrected chi connectivity index (χ3v) is 6.27. The van der Waals surface area contributed by atoms with Crippen molar-refractivity contribution in [3.8, 4) is 0 Å². The molecule has 0 bridgehead atoms. The number of rotatable bonds is 5. The molecule has 0 saturated carbocycles. The first-order valence-electron chi connectivity index (χ1n) is 10.2. The highest BCUT2D eigenvalue weighted by Crippen LogP contribution is 2.36. The number of fused-ring (bicyclic) bond motifs is 1. The van der Waals surface area contributed by atoms with Crippen LogP contribution in [0.1, 0.15) is 52.4 Å². The maximum Gasteiger partial charge on any atom is 0.254 e. The van der Waals surface area contributed by atoms with Crippen LogP contribution in [0.5, 0.6) is 0 Å². The van der Waals surface area contributed by atoms with Crippen LogP contribution >= 0.6 is 0 Å². The van der Waals surface area contributed by atoms with Gasteiger partial charge in [0.1, 0.15) is 17.2 Å². The van der Waals surface area contributed by atoms with Crippen molar-refractivity contribution in [2.24, 2.45) is 5.73 Å². The van der Waals surface area contributed by atoms with E-state index in [9.17, 15) is 14.0 Å². The van der Waals surface area contributed by atoms with Crippen molar-refractivity contribution in [1.29, 1.82) is 0 Å². The molecule has 1 aliphatic heterocycles. The van der Waals surface area contributed by atoms with Crippen molar-refractivity contribution < 1.29 is 14.0 Å². The molecule has 2 atom stereocenters. The zero-order valence-corrected chi connectivity index (χ0v) is 16.8. The monoisotopic (exact) mass is 411 g/mol. The number of nitrogens with zero attached hydrogens (tertiary/aromatic N) is 3. The summed E-state index contributed by atoms with van der Waals surface area (Å²) in [6.45, 7) is 4.64. The Kier molecular flexibility index (Phi) is 5.32. The largest absolute Gasteiger partial charge is 0.383 e. The number of aromatic nitrogens is 2. The Morgan fingerprint density at radius 1 is 1.30 bits per heavy atom. The van der Waals surface area contributed by atoms with E-state index in [0.29, 0.717) is 31.6 Å². The number of carbonyl (C=O) groups excluding carboxylic acids is 2. The fourth-order valence-corrected chi connectivity index (χ4v) is 4.76. The number of hydrogen-bond donors (Lipinski definition) is 2. The lowest BCUT2D eigenvalue weighted by atomic mass is 9.81. The Labute approximate surface area is 174 Å². The summed E-state index contributed by atoms with van der Waals surface area (Å²) in [7, 11) is 0. The van der Waals surface area contributed by atoms with Gasteiger partial charge in [-0.05, 0) is 61.4 Å². The number of aryl methyl sites for hydroxylation is 1. The molecule has 4 rings (SSSR count). The Hall–Kier alpha value is -3.16. The molecule has 0 spiro atoms.